The Morgan fingerprint density at radius 1 is 1.03 bits per heavy atom. The summed E-state index contributed by atoms with van der Waals surface area (Å²) in [5.74, 6) is 3.26. The molecule has 2 aromatic rings. The lowest BCUT2D eigenvalue weighted by Gasteiger charge is -2.19. The van der Waals surface area contributed by atoms with Crippen LogP contribution >= 0.6 is 24.0 Å². The molecule has 0 aliphatic rings. The zero-order valence-corrected chi connectivity index (χ0v) is 20.2. The smallest absolute Gasteiger partial charge is 0.191 e. The monoisotopic (exact) mass is 513 g/mol. The zero-order valence-electron chi connectivity index (χ0n) is 17.9. The van der Waals surface area contributed by atoms with Gasteiger partial charge < -0.3 is 25.0 Å². The van der Waals surface area contributed by atoms with E-state index in [1.54, 1.807) is 21.3 Å². The maximum atomic E-state index is 5.44. The van der Waals surface area contributed by atoms with Crippen LogP contribution < -0.4 is 25.0 Å². The maximum absolute atomic E-state index is 5.44. The Bertz CT molecular complexity index is 764. The number of methoxy groups -OCH3 is 2. The molecule has 160 valence electrons. The third kappa shape index (κ3) is 7.26. The highest BCUT2D eigenvalue weighted by Crippen LogP contribution is 2.24. The Labute approximate surface area is 190 Å². The third-order valence-corrected chi connectivity index (χ3v) is 4.52. The summed E-state index contributed by atoms with van der Waals surface area (Å²) in [6.07, 6.45) is 1.90. The van der Waals surface area contributed by atoms with Gasteiger partial charge in [-0.25, -0.2) is 4.98 Å². The van der Waals surface area contributed by atoms with Crippen LogP contribution in [0, 0.1) is 0 Å². The van der Waals surface area contributed by atoms with Crippen molar-refractivity contribution in [3.8, 4) is 11.5 Å². The van der Waals surface area contributed by atoms with Crippen molar-refractivity contribution >= 4 is 35.8 Å². The summed E-state index contributed by atoms with van der Waals surface area (Å²) in [5, 5.41) is 6.62. The third-order valence-electron chi connectivity index (χ3n) is 4.52. The van der Waals surface area contributed by atoms with Gasteiger partial charge in [-0.3, -0.25) is 4.99 Å². The molecule has 0 radical (unpaired) electrons. The highest BCUT2D eigenvalue weighted by atomic mass is 127. The SMILES string of the molecule is CCN(CC)c1ccc(CNC(=NC)NCc2ccc(OC)cc2OC)cn1.I. The number of anilines is 1. The van der Waals surface area contributed by atoms with Crippen molar-refractivity contribution in [2.75, 3.05) is 39.3 Å². The summed E-state index contributed by atoms with van der Waals surface area (Å²) in [4.78, 5) is 11.1. The Morgan fingerprint density at radius 3 is 2.31 bits per heavy atom. The van der Waals surface area contributed by atoms with Crippen LogP contribution in [0.2, 0.25) is 0 Å². The number of aromatic nitrogens is 1. The lowest BCUT2D eigenvalue weighted by molar-refractivity contribution is 0.390. The van der Waals surface area contributed by atoms with Gasteiger partial charge in [0.15, 0.2) is 5.96 Å². The van der Waals surface area contributed by atoms with E-state index < -0.39 is 0 Å². The maximum Gasteiger partial charge on any atom is 0.191 e. The van der Waals surface area contributed by atoms with Crippen LogP contribution in [-0.2, 0) is 13.1 Å². The molecule has 0 amide bonds. The van der Waals surface area contributed by atoms with Crippen molar-refractivity contribution in [1.29, 1.82) is 0 Å². The first-order valence-corrected chi connectivity index (χ1v) is 9.50. The van der Waals surface area contributed by atoms with Gasteiger partial charge in [0.2, 0.25) is 0 Å². The highest BCUT2D eigenvalue weighted by Gasteiger charge is 2.07. The fraction of sp³-hybridized carbons (Fsp3) is 0.429. The molecule has 2 N–H and O–H groups in total. The number of hydrogen-bond acceptors (Lipinski definition) is 5. The molecule has 0 unspecified atom stereocenters. The second-order valence-electron chi connectivity index (χ2n) is 6.15. The summed E-state index contributed by atoms with van der Waals surface area (Å²) in [6.45, 7) is 7.40. The molecule has 0 spiro atoms. The molecule has 0 aliphatic carbocycles. The van der Waals surface area contributed by atoms with Gasteiger partial charge in [-0.15, -0.1) is 24.0 Å². The predicted octanol–water partition coefficient (Wildman–Crippen LogP) is 3.43. The van der Waals surface area contributed by atoms with E-state index in [1.165, 1.54) is 0 Å². The van der Waals surface area contributed by atoms with Gasteiger partial charge >= 0.3 is 0 Å². The second kappa shape index (κ2) is 13.1. The van der Waals surface area contributed by atoms with Crippen LogP contribution in [0.1, 0.15) is 25.0 Å². The molecule has 1 aromatic carbocycles. The Morgan fingerprint density at radius 2 is 1.76 bits per heavy atom. The number of nitrogens with one attached hydrogen (secondary N) is 2. The molecule has 0 atom stereocenters. The van der Waals surface area contributed by atoms with Crippen LogP contribution in [0.15, 0.2) is 41.5 Å². The molecule has 0 bridgehead atoms. The van der Waals surface area contributed by atoms with Gasteiger partial charge in [-0.1, -0.05) is 6.07 Å². The lowest BCUT2D eigenvalue weighted by Crippen LogP contribution is -2.36. The van der Waals surface area contributed by atoms with Gasteiger partial charge in [-0.05, 0) is 37.6 Å². The van der Waals surface area contributed by atoms with E-state index in [9.17, 15) is 0 Å². The second-order valence-corrected chi connectivity index (χ2v) is 6.15. The minimum absolute atomic E-state index is 0. The van der Waals surface area contributed by atoms with E-state index >= 15 is 0 Å². The van der Waals surface area contributed by atoms with Gasteiger partial charge in [-0.2, -0.15) is 0 Å². The number of hydrogen-bond donors (Lipinski definition) is 2. The number of pyridine rings is 1. The molecule has 0 saturated carbocycles. The summed E-state index contributed by atoms with van der Waals surface area (Å²) in [6, 6.07) is 9.92. The van der Waals surface area contributed by atoms with Gasteiger partial charge in [0.25, 0.3) is 0 Å². The minimum atomic E-state index is 0. The van der Waals surface area contributed by atoms with Crippen LogP contribution in [-0.4, -0.2) is 45.3 Å². The van der Waals surface area contributed by atoms with Crippen LogP contribution in [0.5, 0.6) is 11.5 Å². The highest BCUT2D eigenvalue weighted by molar-refractivity contribution is 14.0. The van der Waals surface area contributed by atoms with Gasteiger partial charge in [0.05, 0.1) is 14.2 Å². The number of aliphatic imine (C=N–C) groups is 1. The van der Waals surface area contributed by atoms with Crippen molar-refractivity contribution in [1.82, 2.24) is 15.6 Å². The number of ether oxygens (including phenoxy) is 2. The molecule has 2 rings (SSSR count). The standard InChI is InChI=1S/C21H31N5O2.HI/c1-6-26(7-2)20-11-8-16(13-23-20)14-24-21(22-3)25-15-17-9-10-18(27-4)12-19(17)28-5;/h8-13H,6-7,14-15H2,1-5H3,(H2,22,24,25);1H. The first-order chi connectivity index (χ1) is 13.6. The minimum Gasteiger partial charge on any atom is -0.497 e. The van der Waals surface area contributed by atoms with Gasteiger partial charge in [0, 0.05) is 51.1 Å². The number of guanidine groups is 1. The molecule has 8 heteroatoms. The molecule has 0 fully saturated rings. The summed E-state index contributed by atoms with van der Waals surface area (Å²) >= 11 is 0. The van der Waals surface area contributed by atoms with Gasteiger partial charge in [0.1, 0.15) is 17.3 Å². The summed E-state index contributed by atoms with van der Waals surface area (Å²) in [7, 11) is 5.05. The van der Waals surface area contributed by atoms with Crippen molar-refractivity contribution in [3.05, 3.63) is 47.7 Å². The first kappa shape index (κ1) is 24.8. The molecule has 29 heavy (non-hydrogen) atoms. The Kier molecular flexibility index (Phi) is 11.2. The van der Waals surface area contributed by atoms with E-state index in [2.05, 4.69) is 51.5 Å². The molecular weight excluding hydrogens is 481 g/mol. The van der Waals surface area contributed by atoms with E-state index in [0.29, 0.717) is 19.0 Å². The average molecular weight is 513 g/mol. The fourth-order valence-electron chi connectivity index (χ4n) is 2.84. The number of benzene rings is 1. The van der Waals surface area contributed by atoms with E-state index in [-0.39, 0.29) is 24.0 Å². The molecule has 0 aliphatic heterocycles. The first-order valence-electron chi connectivity index (χ1n) is 9.50. The molecular formula is C21H32IN5O2. The normalized spacial score (nSPS) is 10.7. The fourth-order valence-corrected chi connectivity index (χ4v) is 2.84. The largest absolute Gasteiger partial charge is 0.497 e. The van der Waals surface area contributed by atoms with Crippen LogP contribution in [0.25, 0.3) is 0 Å². The number of halogens is 1. The van der Waals surface area contributed by atoms with Crippen LogP contribution in [0.3, 0.4) is 0 Å². The van der Waals surface area contributed by atoms with E-state index in [0.717, 1.165) is 41.5 Å². The van der Waals surface area contributed by atoms with Crippen molar-refractivity contribution in [2.24, 2.45) is 4.99 Å². The van der Waals surface area contributed by atoms with Crippen LogP contribution in [0.4, 0.5) is 5.82 Å². The van der Waals surface area contributed by atoms with E-state index in [1.807, 2.05) is 24.4 Å². The molecule has 1 heterocycles. The van der Waals surface area contributed by atoms with Crippen molar-refractivity contribution < 1.29 is 9.47 Å². The lowest BCUT2D eigenvalue weighted by atomic mass is 10.2. The molecule has 0 saturated heterocycles. The Balaban J connectivity index is 0.00000420. The molecule has 7 nitrogen and oxygen atoms in total. The number of rotatable bonds is 9. The number of nitrogens with zero attached hydrogens (tertiary/aromatic N) is 3. The predicted molar refractivity (Wildman–Crippen MR) is 130 cm³/mol. The average Bonchev–Trinajstić information content (AvgIpc) is 2.75. The Hall–Kier alpha value is -2.23. The topological polar surface area (TPSA) is 71.0 Å². The quantitative estimate of drug-likeness (QED) is 0.304. The summed E-state index contributed by atoms with van der Waals surface area (Å²) < 4.78 is 10.7. The zero-order chi connectivity index (χ0) is 20.4. The van der Waals surface area contributed by atoms with Crippen molar-refractivity contribution in [3.63, 3.8) is 0 Å². The summed E-state index contributed by atoms with van der Waals surface area (Å²) in [5.41, 5.74) is 2.12. The molecule has 1 aromatic heterocycles. The van der Waals surface area contributed by atoms with E-state index in [4.69, 9.17) is 9.47 Å². The van der Waals surface area contributed by atoms with Crippen molar-refractivity contribution in [2.45, 2.75) is 26.9 Å².